The van der Waals surface area contributed by atoms with Crippen LogP contribution in [0.1, 0.15) is 46.0 Å². The zero-order valence-electron chi connectivity index (χ0n) is 16.4. The van der Waals surface area contributed by atoms with Crippen LogP contribution < -0.4 is 0 Å². The molecule has 0 aromatic carbocycles. The first kappa shape index (κ1) is 18.1. The SMILES string of the molecule is COC[C@H]1C(=O)[C@]23C[C@H]1CC[C@H]2[C@@]12CO[C@@H](O)[C@@H]1C(C)(C)CC[C@@H]2OC3=O. The van der Waals surface area contributed by atoms with Crippen LogP contribution in [0.5, 0.6) is 0 Å². The van der Waals surface area contributed by atoms with Crippen LogP contribution in [0.3, 0.4) is 0 Å². The smallest absolute Gasteiger partial charge is 0.320 e. The van der Waals surface area contributed by atoms with E-state index in [4.69, 9.17) is 14.2 Å². The Hall–Kier alpha value is -0.980. The maximum atomic E-state index is 13.6. The number of Topliss-reactive ketones (excluding diaryl/α,β-unsaturated/α-hetero) is 1. The molecular weight excluding hydrogens is 348 g/mol. The van der Waals surface area contributed by atoms with Crippen molar-refractivity contribution in [3.05, 3.63) is 0 Å². The first-order valence-corrected chi connectivity index (χ1v) is 10.3. The lowest BCUT2D eigenvalue weighted by Gasteiger charge is -2.61. The molecule has 2 bridgehead atoms. The van der Waals surface area contributed by atoms with E-state index in [9.17, 15) is 14.7 Å². The summed E-state index contributed by atoms with van der Waals surface area (Å²) in [5.41, 5.74) is -1.65. The molecule has 5 rings (SSSR count). The molecule has 1 N–H and O–H groups in total. The Morgan fingerprint density at radius 2 is 2.00 bits per heavy atom. The van der Waals surface area contributed by atoms with Crippen molar-refractivity contribution in [1.29, 1.82) is 0 Å². The van der Waals surface area contributed by atoms with Crippen molar-refractivity contribution in [3.8, 4) is 0 Å². The molecule has 2 aliphatic heterocycles. The van der Waals surface area contributed by atoms with Gasteiger partial charge in [0.2, 0.25) is 0 Å². The van der Waals surface area contributed by atoms with E-state index in [1.807, 2.05) is 0 Å². The molecule has 150 valence electrons. The molecule has 27 heavy (non-hydrogen) atoms. The molecule has 3 aliphatic carbocycles. The highest BCUT2D eigenvalue weighted by Gasteiger charge is 2.77. The second kappa shape index (κ2) is 5.55. The number of hydrogen-bond acceptors (Lipinski definition) is 6. The molecular formula is C21H30O6. The Morgan fingerprint density at radius 1 is 1.22 bits per heavy atom. The molecule has 5 fully saturated rings. The number of carbonyl (C=O) groups is 2. The third-order valence-electron chi connectivity index (χ3n) is 8.82. The van der Waals surface area contributed by atoms with E-state index >= 15 is 0 Å². The number of ketones is 1. The molecule has 0 amide bonds. The first-order chi connectivity index (χ1) is 12.8. The number of aliphatic hydroxyl groups excluding tert-OH is 1. The van der Waals surface area contributed by atoms with Crippen LogP contribution in [0.25, 0.3) is 0 Å². The number of aliphatic hydroxyl groups is 1. The quantitative estimate of drug-likeness (QED) is 0.584. The highest BCUT2D eigenvalue weighted by molar-refractivity contribution is 6.08. The minimum atomic E-state index is -1.07. The van der Waals surface area contributed by atoms with Gasteiger partial charge in [0, 0.05) is 24.4 Å². The van der Waals surface area contributed by atoms with Crippen molar-refractivity contribution >= 4 is 11.8 Å². The molecule has 0 unspecified atom stereocenters. The van der Waals surface area contributed by atoms with Gasteiger partial charge in [0.1, 0.15) is 11.5 Å². The fraction of sp³-hybridized carbons (Fsp3) is 0.905. The van der Waals surface area contributed by atoms with E-state index in [2.05, 4.69) is 13.8 Å². The Labute approximate surface area is 159 Å². The highest BCUT2D eigenvalue weighted by atomic mass is 16.6. The zero-order valence-corrected chi connectivity index (χ0v) is 16.4. The summed E-state index contributed by atoms with van der Waals surface area (Å²) in [6.45, 7) is 5.09. The number of hydrogen-bond donors (Lipinski definition) is 1. The molecule has 0 aromatic rings. The summed E-state index contributed by atoms with van der Waals surface area (Å²) in [5, 5.41) is 10.8. The number of ether oxygens (including phenoxy) is 3. The Morgan fingerprint density at radius 3 is 2.74 bits per heavy atom. The van der Waals surface area contributed by atoms with Crippen molar-refractivity contribution in [2.24, 2.45) is 39.9 Å². The molecule has 0 radical (unpaired) electrons. The molecule has 0 aromatic heterocycles. The molecule has 2 saturated heterocycles. The van der Waals surface area contributed by atoms with Gasteiger partial charge in [-0.05, 0) is 49.4 Å². The predicted molar refractivity (Wildman–Crippen MR) is 94.4 cm³/mol. The van der Waals surface area contributed by atoms with Crippen LogP contribution in [-0.2, 0) is 23.8 Å². The van der Waals surface area contributed by atoms with Gasteiger partial charge in [-0.1, -0.05) is 13.8 Å². The fourth-order valence-corrected chi connectivity index (χ4v) is 7.85. The van der Waals surface area contributed by atoms with Crippen molar-refractivity contribution in [2.75, 3.05) is 20.3 Å². The van der Waals surface area contributed by atoms with E-state index < -0.39 is 17.1 Å². The summed E-state index contributed by atoms with van der Waals surface area (Å²) in [5.74, 6) is -0.568. The molecule has 8 atom stereocenters. The lowest BCUT2D eigenvalue weighted by molar-refractivity contribution is -0.236. The Bertz CT molecular complexity index is 688. The van der Waals surface area contributed by atoms with Crippen LogP contribution in [0.2, 0.25) is 0 Å². The van der Waals surface area contributed by atoms with Gasteiger partial charge in [0.25, 0.3) is 0 Å². The van der Waals surface area contributed by atoms with Crippen molar-refractivity contribution in [3.63, 3.8) is 0 Å². The molecule has 3 saturated carbocycles. The van der Waals surface area contributed by atoms with Gasteiger partial charge in [-0.25, -0.2) is 0 Å². The third kappa shape index (κ3) is 1.97. The molecule has 6 heteroatoms. The fourth-order valence-electron chi connectivity index (χ4n) is 7.85. The van der Waals surface area contributed by atoms with E-state index in [0.29, 0.717) is 19.6 Å². The Balaban J connectivity index is 1.65. The van der Waals surface area contributed by atoms with Crippen molar-refractivity contribution in [2.45, 2.75) is 58.3 Å². The average Bonchev–Trinajstić information content (AvgIpc) is 3.08. The van der Waals surface area contributed by atoms with Crippen LogP contribution in [0.15, 0.2) is 0 Å². The number of carbonyl (C=O) groups excluding carboxylic acids is 2. The normalized spacial score (nSPS) is 52.7. The number of esters is 1. The predicted octanol–water partition coefficient (Wildman–Crippen LogP) is 1.93. The number of fused-ring (bicyclic) bond motifs is 1. The second-order valence-corrected chi connectivity index (χ2v) is 10.2. The molecule has 5 aliphatic rings. The summed E-state index contributed by atoms with van der Waals surface area (Å²) in [7, 11) is 1.61. The van der Waals surface area contributed by atoms with Gasteiger partial charge >= 0.3 is 5.97 Å². The maximum Gasteiger partial charge on any atom is 0.320 e. The van der Waals surface area contributed by atoms with Gasteiger partial charge in [-0.15, -0.1) is 0 Å². The lowest BCUT2D eigenvalue weighted by atomic mass is 9.44. The van der Waals surface area contributed by atoms with Crippen LogP contribution in [-0.4, -0.2) is 49.6 Å². The van der Waals surface area contributed by atoms with Crippen molar-refractivity contribution in [1.82, 2.24) is 0 Å². The Kier molecular flexibility index (Phi) is 3.71. The number of methoxy groups -OCH3 is 1. The molecule has 2 spiro atoms. The monoisotopic (exact) mass is 378 g/mol. The second-order valence-electron chi connectivity index (χ2n) is 10.2. The first-order valence-electron chi connectivity index (χ1n) is 10.3. The summed E-state index contributed by atoms with van der Waals surface area (Å²) in [6, 6.07) is 0. The minimum Gasteiger partial charge on any atom is -0.461 e. The van der Waals surface area contributed by atoms with Gasteiger partial charge < -0.3 is 19.3 Å². The third-order valence-corrected chi connectivity index (χ3v) is 8.82. The highest BCUT2D eigenvalue weighted by Crippen LogP contribution is 2.71. The van der Waals surface area contributed by atoms with E-state index in [0.717, 1.165) is 25.7 Å². The summed E-state index contributed by atoms with van der Waals surface area (Å²) in [4.78, 5) is 26.8. The van der Waals surface area contributed by atoms with Crippen molar-refractivity contribution < 1.29 is 28.9 Å². The van der Waals surface area contributed by atoms with Crippen LogP contribution in [0.4, 0.5) is 0 Å². The summed E-state index contributed by atoms with van der Waals surface area (Å²) >= 11 is 0. The number of rotatable bonds is 2. The molecule has 2 heterocycles. The summed E-state index contributed by atoms with van der Waals surface area (Å²) < 4.78 is 17.2. The average molecular weight is 378 g/mol. The standard InChI is InChI=1S/C21H30O6/c1-19(2)7-6-14-21(10-26-17(23)15(19)21)13-5-4-11-8-20(13,18(24)27-14)16(22)12(11)9-25-3/h11-15,17,23H,4-10H2,1-3H3/t11-,12-,13-,14+,15-,17-,20+,21-/m1/s1. The topological polar surface area (TPSA) is 82.1 Å². The van der Waals surface area contributed by atoms with Gasteiger partial charge in [0.05, 0.1) is 13.2 Å². The van der Waals surface area contributed by atoms with Crippen LogP contribution >= 0.6 is 0 Å². The minimum absolute atomic E-state index is 0.0122. The van der Waals surface area contributed by atoms with Crippen LogP contribution in [0, 0.1) is 39.9 Å². The van der Waals surface area contributed by atoms with Gasteiger partial charge in [-0.2, -0.15) is 0 Å². The zero-order chi connectivity index (χ0) is 19.2. The lowest BCUT2D eigenvalue weighted by Crippen LogP contribution is -2.68. The van der Waals surface area contributed by atoms with Gasteiger partial charge in [0.15, 0.2) is 12.1 Å². The van der Waals surface area contributed by atoms with E-state index in [1.165, 1.54) is 0 Å². The van der Waals surface area contributed by atoms with E-state index in [-0.39, 0.29) is 46.9 Å². The summed E-state index contributed by atoms with van der Waals surface area (Å²) in [6.07, 6.45) is 2.85. The maximum absolute atomic E-state index is 13.6. The van der Waals surface area contributed by atoms with Gasteiger partial charge in [-0.3, -0.25) is 9.59 Å². The largest absolute Gasteiger partial charge is 0.461 e. The molecule has 6 nitrogen and oxygen atoms in total. The van der Waals surface area contributed by atoms with E-state index in [1.54, 1.807) is 7.11 Å².